The zero-order valence-electron chi connectivity index (χ0n) is 11.0. The molecule has 0 aliphatic heterocycles. The van der Waals surface area contributed by atoms with Gasteiger partial charge in [-0.05, 0) is 23.8 Å². The summed E-state index contributed by atoms with van der Waals surface area (Å²) in [5.41, 5.74) is 7.56. The standard InChI is InChI=1S/C15H13N3O2S/c16-15-17-13-8-4-5-9-14(13)18(15)21(19,20)11-10-12-6-2-1-3-7-12/h1-11H,(H2,16,17). The minimum Gasteiger partial charge on any atom is -0.368 e. The third-order valence-corrected chi connectivity index (χ3v) is 4.40. The van der Waals surface area contributed by atoms with E-state index in [9.17, 15) is 8.42 Å². The number of nitrogens with zero attached hydrogens (tertiary/aromatic N) is 2. The van der Waals surface area contributed by atoms with E-state index in [-0.39, 0.29) is 5.95 Å². The molecule has 0 saturated heterocycles. The Kier molecular flexibility index (Phi) is 3.23. The van der Waals surface area contributed by atoms with Crippen LogP contribution in [0.2, 0.25) is 0 Å². The average molecular weight is 299 g/mol. The van der Waals surface area contributed by atoms with Crippen molar-refractivity contribution in [2.24, 2.45) is 0 Å². The number of para-hydroxylation sites is 2. The van der Waals surface area contributed by atoms with E-state index in [1.165, 1.54) is 6.08 Å². The third kappa shape index (κ3) is 2.53. The average Bonchev–Trinajstić information content (AvgIpc) is 2.83. The molecule has 0 spiro atoms. The van der Waals surface area contributed by atoms with Crippen molar-refractivity contribution in [1.82, 2.24) is 8.96 Å². The van der Waals surface area contributed by atoms with Gasteiger partial charge in [0.25, 0.3) is 10.0 Å². The predicted molar refractivity (Wildman–Crippen MR) is 83.9 cm³/mol. The summed E-state index contributed by atoms with van der Waals surface area (Å²) in [7, 11) is -3.72. The first kappa shape index (κ1) is 13.4. The molecule has 0 aliphatic carbocycles. The van der Waals surface area contributed by atoms with E-state index >= 15 is 0 Å². The molecular weight excluding hydrogens is 286 g/mol. The summed E-state index contributed by atoms with van der Waals surface area (Å²) < 4.78 is 26.0. The maximum atomic E-state index is 12.5. The van der Waals surface area contributed by atoms with Gasteiger partial charge in [0.1, 0.15) is 0 Å². The lowest BCUT2D eigenvalue weighted by atomic mass is 10.2. The fraction of sp³-hybridized carbons (Fsp3) is 0. The van der Waals surface area contributed by atoms with Crippen molar-refractivity contribution in [3.8, 4) is 0 Å². The van der Waals surface area contributed by atoms with Crippen LogP contribution in [-0.4, -0.2) is 17.4 Å². The van der Waals surface area contributed by atoms with E-state index in [1.807, 2.05) is 30.3 Å². The predicted octanol–water partition coefficient (Wildman–Crippen LogP) is 2.47. The van der Waals surface area contributed by atoms with Gasteiger partial charge in [-0.25, -0.2) is 17.4 Å². The second-order valence-corrected chi connectivity index (χ2v) is 6.15. The van der Waals surface area contributed by atoms with Gasteiger partial charge >= 0.3 is 0 Å². The first-order valence-electron chi connectivity index (χ1n) is 6.29. The molecule has 0 amide bonds. The molecule has 0 fully saturated rings. The van der Waals surface area contributed by atoms with E-state index in [0.29, 0.717) is 11.0 Å². The van der Waals surface area contributed by atoms with Crippen LogP contribution in [-0.2, 0) is 10.0 Å². The monoisotopic (exact) mass is 299 g/mol. The van der Waals surface area contributed by atoms with Crippen LogP contribution in [0.4, 0.5) is 5.95 Å². The van der Waals surface area contributed by atoms with Crippen molar-refractivity contribution in [2.45, 2.75) is 0 Å². The smallest absolute Gasteiger partial charge is 0.264 e. The van der Waals surface area contributed by atoms with Crippen LogP contribution < -0.4 is 5.73 Å². The number of nitrogens with two attached hydrogens (primary N) is 1. The van der Waals surface area contributed by atoms with Gasteiger partial charge in [-0.2, -0.15) is 0 Å². The number of anilines is 1. The molecule has 0 atom stereocenters. The number of hydrogen-bond acceptors (Lipinski definition) is 4. The van der Waals surface area contributed by atoms with Gasteiger partial charge in [0.15, 0.2) is 0 Å². The lowest BCUT2D eigenvalue weighted by Gasteiger charge is -2.03. The van der Waals surface area contributed by atoms with E-state index in [1.54, 1.807) is 24.3 Å². The third-order valence-electron chi connectivity index (χ3n) is 3.03. The Morgan fingerprint density at radius 1 is 1.00 bits per heavy atom. The van der Waals surface area contributed by atoms with Crippen molar-refractivity contribution in [3.63, 3.8) is 0 Å². The number of rotatable bonds is 3. The maximum Gasteiger partial charge on any atom is 0.264 e. The first-order chi connectivity index (χ1) is 10.1. The molecule has 5 nitrogen and oxygen atoms in total. The first-order valence-corrected chi connectivity index (χ1v) is 7.80. The van der Waals surface area contributed by atoms with Gasteiger partial charge in [0.2, 0.25) is 5.95 Å². The van der Waals surface area contributed by atoms with Crippen LogP contribution in [0.15, 0.2) is 60.0 Å². The Balaban J connectivity index is 2.09. The van der Waals surface area contributed by atoms with Crippen molar-refractivity contribution in [2.75, 3.05) is 5.73 Å². The van der Waals surface area contributed by atoms with E-state index in [4.69, 9.17) is 5.73 Å². The quantitative estimate of drug-likeness (QED) is 0.806. The summed E-state index contributed by atoms with van der Waals surface area (Å²) in [6.45, 7) is 0. The maximum absolute atomic E-state index is 12.5. The van der Waals surface area contributed by atoms with Crippen molar-refractivity contribution in [3.05, 3.63) is 65.6 Å². The minimum atomic E-state index is -3.72. The lowest BCUT2D eigenvalue weighted by Crippen LogP contribution is -2.12. The molecule has 0 bridgehead atoms. The van der Waals surface area contributed by atoms with Crippen LogP contribution in [0.3, 0.4) is 0 Å². The number of hydrogen-bond donors (Lipinski definition) is 1. The van der Waals surface area contributed by atoms with Crippen molar-refractivity contribution < 1.29 is 8.42 Å². The van der Waals surface area contributed by atoms with Gasteiger partial charge < -0.3 is 5.73 Å². The summed E-state index contributed by atoms with van der Waals surface area (Å²) in [4.78, 5) is 4.06. The zero-order valence-corrected chi connectivity index (χ0v) is 11.9. The van der Waals surface area contributed by atoms with E-state index in [2.05, 4.69) is 4.98 Å². The molecule has 2 N–H and O–H groups in total. The minimum absolute atomic E-state index is 0.0473. The van der Waals surface area contributed by atoms with Gasteiger partial charge in [0, 0.05) is 0 Å². The highest BCUT2D eigenvalue weighted by molar-refractivity contribution is 7.93. The molecule has 3 rings (SSSR count). The number of benzene rings is 2. The highest BCUT2D eigenvalue weighted by Crippen LogP contribution is 2.21. The Labute approximate surface area is 122 Å². The highest BCUT2D eigenvalue weighted by Gasteiger charge is 2.17. The van der Waals surface area contributed by atoms with Crippen LogP contribution >= 0.6 is 0 Å². The van der Waals surface area contributed by atoms with Crippen LogP contribution in [0.1, 0.15) is 5.56 Å². The Morgan fingerprint density at radius 3 is 2.43 bits per heavy atom. The Bertz CT molecular complexity index is 913. The SMILES string of the molecule is Nc1nc2ccccc2n1S(=O)(=O)C=Cc1ccccc1. The normalized spacial score (nSPS) is 12.2. The molecule has 1 heterocycles. The van der Waals surface area contributed by atoms with Gasteiger partial charge in [-0.3, -0.25) is 0 Å². The zero-order chi connectivity index (χ0) is 14.9. The molecule has 0 radical (unpaired) electrons. The fourth-order valence-corrected chi connectivity index (χ4v) is 3.26. The molecule has 106 valence electrons. The summed E-state index contributed by atoms with van der Waals surface area (Å²) >= 11 is 0. The van der Waals surface area contributed by atoms with Crippen LogP contribution in [0.25, 0.3) is 17.1 Å². The molecule has 6 heteroatoms. The summed E-state index contributed by atoms with van der Waals surface area (Å²) in [6.07, 6.45) is 1.53. The molecule has 0 saturated carbocycles. The number of aromatic nitrogens is 2. The number of fused-ring (bicyclic) bond motifs is 1. The fourth-order valence-electron chi connectivity index (χ4n) is 2.08. The van der Waals surface area contributed by atoms with E-state index in [0.717, 1.165) is 14.9 Å². The Hall–Kier alpha value is -2.60. The molecule has 0 aliphatic rings. The van der Waals surface area contributed by atoms with E-state index < -0.39 is 10.0 Å². The number of nitrogen functional groups attached to an aromatic ring is 1. The largest absolute Gasteiger partial charge is 0.368 e. The van der Waals surface area contributed by atoms with Gasteiger partial charge in [-0.1, -0.05) is 42.5 Å². The highest BCUT2D eigenvalue weighted by atomic mass is 32.2. The summed E-state index contributed by atoms with van der Waals surface area (Å²) in [5, 5.41) is 1.13. The number of imidazole rings is 1. The molecule has 1 aromatic heterocycles. The second kappa shape index (κ2) is 5.06. The summed E-state index contributed by atoms with van der Waals surface area (Å²) in [6, 6.07) is 16.1. The van der Waals surface area contributed by atoms with Gasteiger partial charge in [0.05, 0.1) is 16.4 Å². The summed E-state index contributed by atoms with van der Waals surface area (Å²) in [5.74, 6) is -0.0473. The second-order valence-electron chi connectivity index (χ2n) is 4.48. The van der Waals surface area contributed by atoms with Gasteiger partial charge in [-0.15, -0.1) is 0 Å². The molecule has 21 heavy (non-hydrogen) atoms. The molecule has 0 unspecified atom stereocenters. The molecule has 2 aromatic carbocycles. The Morgan fingerprint density at radius 2 is 1.67 bits per heavy atom. The van der Waals surface area contributed by atoms with Crippen LogP contribution in [0, 0.1) is 0 Å². The van der Waals surface area contributed by atoms with Crippen LogP contribution in [0.5, 0.6) is 0 Å². The topological polar surface area (TPSA) is 78.0 Å². The lowest BCUT2D eigenvalue weighted by molar-refractivity contribution is 0.598. The van der Waals surface area contributed by atoms with Crippen molar-refractivity contribution >= 4 is 33.1 Å². The molecular formula is C15H13N3O2S. The molecule has 3 aromatic rings. The van der Waals surface area contributed by atoms with Crippen molar-refractivity contribution in [1.29, 1.82) is 0 Å².